The lowest BCUT2D eigenvalue weighted by Gasteiger charge is -2.38. The van der Waals surface area contributed by atoms with Crippen molar-refractivity contribution in [3.05, 3.63) is 142 Å². The maximum Gasteiger partial charge on any atom is 0.321 e. The highest BCUT2D eigenvalue weighted by Crippen LogP contribution is 2.36. The molecule has 4 aliphatic heterocycles. The van der Waals surface area contributed by atoms with Gasteiger partial charge in [-0.2, -0.15) is 0 Å². The maximum atomic E-state index is 13.4. The second-order valence-corrected chi connectivity index (χ2v) is 20.8. The zero-order valence-electron chi connectivity index (χ0n) is 40.1. The first-order chi connectivity index (χ1) is 34.4. The lowest BCUT2D eigenvalue weighted by Crippen LogP contribution is -2.46. The number of hydrogen-bond acceptors (Lipinski definition) is 6. The Kier molecular flexibility index (Phi) is 16.8. The normalized spacial score (nSPS) is 19.3. The third kappa shape index (κ3) is 12.9. The van der Waals surface area contributed by atoms with E-state index in [9.17, 15) is 28.6 Å². The number of urea groups is 1. The molecule has 0 bridgehead atoms. The van der Waals surface area contributed by atoms with Gasteiger partial charge >= 0.3 is 6.03 Å². The zero-order valence-corrected chi connectivity index (χ0v) is 41.6. The van der Waals surface area contributed by atoms with Gasteiger partial charge in [0.1, 0.15) is 11.6 Å². The second-order valence-electron chi connectivity index (χ2n) is 19.9. The first-order valence-corrected chi connectivity index (χ1v) is 26.1. The molecule has 10 rings (SSSR count). The number of amides is 3. The van der Waals surface area contributed by atoms with Gasteiger partial charge < -0.3 is 45.1 Å². The molecule has 2 aromatic heterocycles. The standard InChI is InChI=1S/C29H33Cl2N3O2.C27H32F2N4O2/c30-25-7-5-20(17-26(25)31)6-8-29(36)34-15-11-22(12-16-34)28(35)19-33-13-9-21(10-14-33)24-18-32-27-4-2-1-3-23(24)27;28-20-13-21(29)15-22(14-20)31-27(35)33-11-7-19(8-12-33)26(34)17-32-9-5-18(6-10-32)24-16-30-25-4-2-1-3-23(24)25/h1-8,17-18,21-22,28,32,35H,9-16,19H2;1-4,13-16,18-19,26,30,34H,5-12,17H2,(H,31,35)/b8-6+;. The summed E-state index contributed by atoms with van der Waals surface area (Å²) < 4.78 is 26.7. The number of halogens is 4. The van der Waals surface area contributed by atoms with E-state index < -0.39 is 17.7 Å². The van der Waals surface area contributed by atoms with Crippen LogP contribution in [0.4, 0.5) is 19.3 Å². The highest BCUT2D eigenvalue weighted by molar-refractivity contribution is 6.42. The Morgan fingerprint density at radius 1 is 0.620 bits per heavy atom. The number of aliphatic hydroxyl groups excluding tert-OH is 2. The number of fused-ring (bicyclic) bond motifs is 2. The summed E-state index contributed by atoms with van der Waals surface area (Å²) in [6, 6.07) is 24.9. The summed E-state index contributed by atoms with van der Waals surface area (Å²) >= 11 is 12.0. The molecule has 4 saturated heterocycles. The number of nitrogens with zero attached hydrogens (tertiary/aromatic N) is 4. The molecule has 2 atom stereocenters. The number of aromatic nitrogens is 2. The zero-order chi connectivity index (χ0) is 49.4. The van der Waals surface area contributed by atoms with Gasteiger partial charge in [0.2, 0.25) is 5.91 Å². The van der Waals surface area contributed by atoms with Gasteiger partial charge in [-0.25, -0.2) is 13.6 Å². The number of hydrogen-bond donors (Lipinski definition) is 5. The van der Waals surface area contributed by atoms with Crippen molar-refractivity contribution in [1.29, 1.82) is 0 Å². The number of para-hydroxylation sites is 2. The van der Waals surface area contributed by atoms with E-state index >= 15 is 0 Å². The van der Waals surface area contributed by atoms with E-state index in [1.807, 2.05) is 11.0 Å². The number of aromatic amines is 2. The summed E-state index contributed by atoms with van der Waals surface area (Å²) in [5.41, 5.74) is 6.16. The third-order valence-corrected chi connectivity index (χ3v) is 16.2. The number of carbonyl (C=O) groups excluding carboxylic acids is 2. The van der Waals surface area contributed by atoms with E-state index in [-0.39, 0.29) is 35.6 Å². The van der Waals surface area contributed by atoms with Crippen molar-refractivity contribution in [2.24, 2.45) is 11.8 Å². The largest absolute Gasteiger partial charge is 0.392 e. The smallest absolute Gasteiger partial charge is 0.321 e. The highest BCUT2D eigenvalue weighted by Gasteiger charge is 2.32. The molecule has 0 radical (unpaired) electrons. The summed E-state index contributed by atoms with van der Waals surface area (Å²) in [5, 5.41) is 28.0. The van der Waals surface area contributed by atoms with Crippen molar-refractivity contribution in [1.82, 2.24) is 29.6 Å². The van der Waals surface area contributed by atoms with Crippen LogP contribution in [0.15, 0.2) is 103 Å². The lowest BCUT2D eigenvalue weighted by atomic mass is 9.87. The lowest BCUT2D eigenvalue weighted by molar-refractivity contribution is -0.128. The molecule has 6 aromatic rings. The Balaban J connectivity index is 0.000000176. The monoisotopic (exact) mass is 1010 g/mol. The predicted molar refractivity (Wildman–Crippen MR) is 280 cm³/mol. The number of β-amino-alcohol motifs (C(OH)–C–C–N with tert-alkyl or cyclic N) is 2. The number of anilines is 1. The molecule has 3 amide bonds. The Bertz CT molecular complexity index is 2750. The number of piperidine rings is 4. The summed E-state index contributed by atoms with van der Waals surface area (Å²) in [5.74, 6) is 0.0126. The van der Waals surface area contributed by atoms with E-state index in [2.05, 4.69) is 86.0 Å². The maximum absolute atomic E-state index is 13.4. The van der Waals surface area contributed by atoms with Gasteiger partial charge in [-0.3, -0.25) is 4.79 Å². The molecule has 71 heavy (non-hydrogen) atoms. The van der Waals surface area contributed by atoms with Crippen LogP contribution in [-0.2, 0) is 4.79 Å². The number of benzene rings is 4. The van der Waals surface area contributed by atoms with Gasteiger partial charge in [-0.15, -0.1) is 0 Å². The molecule has 4 aromatic carbocycles. The molecule has 5 N–H and O–H groups in total. The van der Waals surface area contributed by atoms with Crippen molar-refractivity contribution in [2.75, 3.05) is 70.8 Å². The first-order valence-electron chi connectivity index (χ1n) is 25.3. The van der Waals surface area contributed by atoms with Gasteiger partial charge in [-0.05, 0) is 160 Å². The molecule has 11 nitrogen and oxygen atoms in total. The van der Waals surface area contributed by atoms with Crippen LogP contribution in [0.3, 0.4) is 0 Å². The van der Waals surface area contributed by atoms with Crippen molar-refractivity contribution in [2.45, 2.75) is 75.4 Å². The number of likely N-dealkylation sites (tertiary alicyclic amines) is 4. The molecule has 6 heterocycles. The van der Waals surface area contributed by atoms with E-state index in [1.165, 1.54) is 32.9 Å². The van der Waals surface area contributed by atoms with Crippen LogP contribution >= 0.6 is 23.2 Å². The molecule has 0 aliphatic carbocycles. The number of nitrogens with one attached hydrogen (secondary N) is 3. The van der Waals surface area contributed by atoms with E-state index in [0.29, 0.717) is 67.4 Å². The average molecular weight is 1010 g/mol. The molecular weight excluding hydrogens is 944 g/mol. The average Bonchev–Trinajstić information content (AvgIpc) is 4.02. The number of aliphatic hydroxyl groups is 2. The Morgan fingerprint density at radius 3 is 1.59 bits per heavy atom. The molecule has 15 heteroatoms. The van der Waals surface area contributed by atoms with Crippen molar-refractivity contribution < 1.29 is 28.6 Å². The summed E-state index contributed by atoms with van der Waals surface area (Å²) in [6.07, 6.45) is 14.4. The van der Waals surface area contributed by atoms with Gasteiger partial charge in [0.05, 0.1) is 22.3 Å². The van der Waals surface area contributed by atoms with Gasteiger partial charge in [0.15, 0.2) is 0 Å². The van der Waals surface area contributed by atoms with Crippen LogP contribution in [0.25, 0.3) is 27.9 Å². The first kappa shape index (κ1) is 50.7. The number of rotatable bonds is 11. The van der Waals surface area contributed by atoms with E-state index in [4.69, 9.17) is 23.2 Å². The molecule has 0 spiro atoms. The third-order valence-electron chi connectivity index (χ3n) is 15.4. The minimum absolute atomic E-state index is 0.00614. The summed E-state index contributed by atoms with van der Waals surface area (Å²) in [6.45, 7) is 7.69. The van der Waals surface area contributed by atoms with Crippen molar-refractivity contribution >= 4 is 68.7 Å². The SMILES string of the molecule is O=C(/C=C/c1ccc(Cl)c(Cl)c1)N1CCC(C(O)CN2CCC(c3c[nH]c4ccccc34)CC2)CC1.O=C(Nc1cc(F)cc(F)c1)N1CCC(C(O)CN2CCC(c3c[nH]c4ccccc34)CC2)CC1. The summed E-state index contributed by atoms with van der Waals surface area (Å²) in [7, 11) is 0. The molecule has 4 fully saturated rings. The van der Waals surface area contributed by atoms with Gasteiger partial charge in [-0.1, -0.05) is 65.7 Å². The molecule has 376 valence electrons. The van der Waals surface area contributed by atoms with E-state index in [0.717, 1.165) is 95.0 Å². The van der Waals surface area contributed by atoms with Crippen LogP contribution in [0.2, 0.25) is 10.0 Å². The minimum atomic E-state index is -0.729. The highest BCUT2D eigenvalue weighted by atomic mass is 35.5. The minimum Gasteiger partial charge on any atom is -0.392 e. The molecule has 0 saturated carbocycles. The van der Waals surface area contributed by atoms with Crippen LogP contribution in [-0.4, -0.2) is 129 Å². The Labute approximate surface area is 424 Å². The Morgan fingerprint density at radius 2 is 1.10 bits per heavy atom. The Hall–Kier alpha value is -5.28. The number of H-pyrrole nitrogens is 2. The van der Waals surface area contributed by atoms with Gasteiger partial charge in [0, 0.05) is 91.3 Å². The van der Waals surface area contributed by atoms with Crippen LogP contribution in [0, 0.1) is 23.5 Å². The van der Waals surface area contributed by atoms with Gasteiger partial charge in [0.25, 0.3) is 0 Å². The van der Waals surface area contributed by atoms with Crippen LogP contribution in [0.1, 0.15) is 79.9 Å². The fraction of sp³-hybridized carbons (Fsp3) is 0.429. The van der Waals surface area contributed by atoms with Crippen LogP contribution < -0.4 is 5.32 Å². The van der Waals surface area contributed by atoms with Crippen molar-refractivity contribution in [3.63, 3.8) is 0 Å². The van der Waals surface area contributed by atoms with Crippen molar-refractivity contribution in [3.8, 4) is 0 Å². The number of carbonyl (C=O) groups is 2. The molecular formula is C56H65Cl2F2N7O4. The van der Waals surface area contributed by atoms with E-state index in [1.54, 1.807) is 29.2 Å². The summed E-state index contributed by atoms with van der Waals surface area (Å²) in [4.78, 5) is 40.2. The fourth-order valence-corrected chi connectivity index (χ4v) is 11.6. The predicted octanol–water partition coefficient (Wildman–Crippen LogP) is 10.9. The molecule has 2 unspecified atom stereocenters. The fourth-order valence-electron chi connectivity index (χ4n) is 11.3. The second kappa shape index (κ2) is 23.5. The van der Waals surface area contributed by atoms with Crippen LogP contribution in [0.5, 0.6) is 0 Å². The topological polar surface area (TPSA) is 131 Å². The quantitative estimate of drug-likeness (QED) is 0.0822. The molecule has 4 aliphatic rings.